The Kier molecular flexibility index (Phi) is 14.2. The second kappa shape index (κ2) is 17.8. The number of hydrogen-bond acceptors (Lipinski definition) is 11. The van der Waals surface area contributed by atoms with Gasteiger partial charge in [0.2, 0.25) is 11.8 Å². The Hall–Kier alpha value is -4.45. The number of likely N-dealkylation sites (N-methyl/N-ethyl adjacent to an activating group) is 1. The molecule has 13 nitrogen and oxygen atoms in total. The molecule has 0 saturated heterocycles. The quantitative estimate of drug-likeness (QED) is 0.187. The Morgan fingerprint density at radius 1 is 0.959 bits per heavy atom. The molecule has 1 N–H and O–H groups in total. The standard InChI is InChI=1S/C35H45N5O8S/c1-8-37-28(41)11-15-46-17-18-47-16-14-40(34(45)48-25-9-10-26-27(19-25)49-29(21-36)38-26)13-12-39(7)30(42)20-35(5,6)31-24(4)32(43)22(2)23(3)33(31)44/h9-10,19H,8,11-18,20H2,1-7H3,(H,37,41). The molecule has 264 valence electrons. The smallest absolute Gasteiger partial charge is 0.410 e. The maximum absolute atomic E-state index is 13.4. The summed E-state index contributed by atoms with van der Waals surface area (Å²) in [6.45, 7) is 12.2. The van der Waals surface area contributed by atoms with E-state index in [2.05, 4.69) is 10.3 Å². The van der Waals surface area contributed by atoms with Crippen molar-refractivity contribution in [1.29, 1.82) is 5.26 Å². The molecule has 14 heteroatoms. The van der Waals surface area contributed by atoms with Crippen LogP contribution in [0.2, 0.25) is 0 Å². The summed E-state index contributed by atoms with van der Waals surface area (Å²) in [6.07, 6.45) is -0.421. The largest absolute Gasteiger partial charge is 0.415 e. The number of benzene rings is 1. The van der Waals surface area contributed by atoms with Gasteiger partial charge >= 0.3 is 6.09 Å². The number of amides is 3. The van der Waals surface area contributed by atoms with Gasteiger partial charge in [-0.25, -0.2) is 9.78 Å². The number of nitrogens with one attached hydrogen (secondary N) is 1. The van der Waals surface area contributed by atoms with Gasteiger partial charge in [-0.1, -0.05) is 13.8 Å². The maximum Gasteiger partial charge on any atom is 0.415 e. The average Bonchev–Trinajstić information content (AvgIpc) is 3.47. The fraction of sp³-hybridized carbons (Fsp3) is 0.514. The Morgan fingerprint density at radius 2 is 1.63 bits per heavy atom. The zero-order chi connectivity index (χ0) is 36.3. The minimum atomic E-state index is -0.904. The number of fused-ring (bicyclic) bond motifs is 1. The highest BCUT2D eigenvalue weighted by molar-refractivity contribution is 7.19. The fourth-order valence-corrected chi connectivity index (χ4v) is 6.12. The molecule has 2 aromatic rings. The van der Waals surface area contributed by atoms with E-state index >= 15 is 0 Å². The van der Waals surface area contributed by atoms with Crippen molar-refractivity contribution < 1.29 is 38.2 Å². The van der Waals surface area contributed by atoms with Crippen molar-refractivity contribution in [3.63, 3.8) is 0 Å². The molecule has 0 fully saturated rings. The van der Waals surface area contributed by atoms with Crippen molar-refractivity contribution >= 4 is 51.0 Å². The molecule has 0 radical (unpaired) electrons. The third-order valence-electron chi connectivity index (χ3n) is 8.23. The van der Waals surface area contributed by atoms with E-state index < -0.39 is 11.5 Å². The number of rotatable bonds is 17. The summed E-state index contributed by atoms with van der Waals surface area (Å²) in [5.74, 6) is -0.484. The molecule has 1 aliphatic carbocycles. The van der Waals surface area contributed by atoms with Crippen LogP contribution in [-0.2, 0) is 28.7 Å². The molecule has 0 bridgehead atoms. The lowest BCUT2D eigenvalue weighted by Crippen LogP contribution is -2.43. The predicted octanol–water partition coefficient (Wildman–Crippen LogP) is 4.21. The van der Waals surface area contributed by atoms with Crippen molar-refractivity contribution in [2.45, 2.75) is 54.4 Å². The van der Waals surface area contributed by atoms with Crippen molar-refractivity contribution in [2.24, 2.45) is 5.41 Å². The number of allylic oxidation sites excluding steroid dienone is 4. The number of ketones is 2. The minimum Gasteiger partial charge on any atom is -0.410 e. The zero-order valence-corrected chi connectivity index (χ0v) is 30.1. The van der Waals surface area contributed by atoms with E-state index in [-0.39, 0.29) is 88.0 Å². The molecule has 1 aromatic carbocycles. The number of Topliss-reactive ketones (excluding diaryl/α,β-unsaturated/α-hetero) is 2. The summed E-state index contributed by atoms with van der Waals surface area (Å²) in [4.78, 5) is 71.3. The van der Waals surface area contributed by atoms with Crippen LogP contribution < -0.4 is 10.1 Å². The number of nitrogens with zero attached hydrogens (tertiary/aromatic N) is 4. The number of ether oxygens (including phenoxy) is 3. The molecule has 0 saturated carbocycles. The second-order valence-corrected chi connectivity index (χ2v) is 13.4. The van der Waals surface area contributed by atoms with E-state index in [0.717, 1.165) is 0 Å². The van der Waals surface area contributed by atoms with Crippen molar-refractivity contribution in [3.8, 4) is 11.8 Å². The van der Waals surface area contributed by atoms with Crippen LogP contribution in [-0.4, -0.2) is 104 Å². The van der Waals surface area contributed by atoms with Crippen LogP contribution in [0, 0.1) is 16.7 Å². The number of hydrogen-bond donors (Lipinski definition) is 1. The van der Waals surface area contributed by atoms with Gasteiger partial charge in [-0.15, -0.1) is 11.3 Å². The van der Waals surface area contributed by atoms with Crippen LogP contribution in [0.25, 0.3) is 10.2 Å². The molecular weight excluding hydrogens is 650 g/mol. The first-order valence-corrected chi connectivity index (χ1v) is 16.9. The summed E-state index contributed by atoms with van der Waals surface area (Å²) in [7, 11) is 1.62. The molecule has 1 aliphatic rings. The van der Waals surface area contributed by atoms with Crippen molar-refractivity contribution in [3.05, 3.63) is 45.5 Å². The molecule has 1 heterocycles. The van der Waals surface area contributed by atoms with E-state index in [1.807, 2.05) is 13.0 Å². The summed E-state index contributed by atoms with van der Waals surface area (Å²) in [6, 6.07) is 6.92. The Morgan fingerprint density at radius 3 is 2.31 bits per heavy atom. The number of aromatic nitrogens is 1. The molecule has 0 unspecified atom stereocenters. The second-order valence-electron chi connectivity index (χ2n) is 12.3. The third-order valence-corrected chi connectivity index (χ3v) is 9.15. The van der Waals surface area contributed by atoms with E-state index in [4.69, 9.17) is 19.5 Å². The lowest BCUT2D eigenvalue weighted by atomic mass is 9.71. The van der Waals surface area contributed by atoms with Gasteiger partial charge in [-0.05, 0) is 39.8 Å². The highest BCUT2D eigenvalue weighted by Crippen LogP contribution is 2.39. The molecule has 0 aliphatic heterocycles. The molecule has 1 aromatic heterocycles. The summed E-state index contributed by atoms with van der Waals surface area (Å²) in [5.41, 5.74) is 1.23. The molecule has 0 atom stereocenters. The highest BCUT2D eigenvalue weighted by atomic mass is 32.1. The Labute approximate surface area is 290 Å². The molecular formula is C35H45N5O8S. The molecule has 49 heavy (non-hydrogen) atoms. The highest BCUT2D eigenvalue weighted by Gasteiger charge is 2.39. The average molecular weight is 696 g/mol. The zero-order valence-electron chi connectivity index (χ0n) is 29.3. The van der Waals surface area contributed by atoms with Crippen LogP contribution >= 0.6 is 11.3 Å². The van der Waals surface area contributed by atoms with Gasteiger partial charge in [0.25, 0.3) is 0 Å². The van der Waals surface area contributed by atoms with Gasteiger partial charge in [0.1, 0.15) is 11.8 Å². The lowest BCUT2D eigenvalue weighted by Gasteiger charge is -2.33. The van der Waals surface area contributed by atoms with E-state index in [1.165, 1.54) is 21.1 Å². The topological polar surface area (TPSA) is 168 Å². The number of carbonyl (C=O) groups excluding carboxylic acids is 5. The molecule has 3 amide bonds. The van der Waals surface area contributed by atoms with Gasteiger partial charge in [-0.3, -0.25) is 19.2 Å². The van der Waals surface area contributed by atoms with Crippen LogP contribution in [0.1, 0.15) is 59.4 Å². The number of nitriles is 1. The van der Waals surface area contributed by atoms with Gasteiger partial charge in [-0.2, -0.15) is 5.26 Å². The molecule has 3 rings (SSSR count). The normalized spacial score (nSPS) is 13.5. The van der Waals surface area contributed by atoms with Crippen molar-refractivity contribution in [2.75, 3.05) is 59.7 Å². The first kappa shape index (κ1) is 39.0. The maximum atomic E-state index is 13.4. The minimum absolute atomic E-state index is 0.0191. The first-order chi connectivity index (χ1) is 23.2. The van der Waals surface area contributed by atoms with Crippen LogP contribution in [0.4, 0.5) is 4.79 Å². The van der Waals surface area contributed by atoms with E-state index in [9.17, 15) is 24.0 Å². The van der Waals surface area contributed by atoms with Crippen LogP contribution in [0.5, 0.6) is 5.75 Å². The van der Waals surface area contributed by atoms with Crippen LogP contribution in [0.15, 0.2) is 40.5 Å². The monoisotopic (exact) mass is 695 g/mol. The summed E-state index contributed by atoms with van der Waals surface area (Å²) >= 11 is 1.19. The van der Waals surface area contributed by atoms with E-state index in [1.54, 1.807) is 59.9 Å². The lowest BCUT2D eigenvalue weighted by molar-refractivity contribution is -0.132. The van der Waals surface area contributed by atoms with Gasteiger partial charge in [0.05, 0.1) is 36.6 Å². The van der Waals surface area contributed by atoms with Gasteiger partial charge in [0, 0.05) is 79.8 Å². The van der Waals surface area contributed by atoms with Gasteiger partial charge < -0.3 is 29.3 Å². The predicted molar refractivity (Wildman–Crippen MR) is 184 cm³/mol. The number of carbonyl (C=O) groups is 5. The number of thiazole rings is 1. The first-order valence-electron chi connectivity index (χ1n) is 16.1. The van der Waals surface area contributed by atoms with E-state index in [0.29, 0.717) is 44.1 Å². The SMILES string of the molecule is CCNC(=O)CCOCCOCCN(CCN(C)C(=O)CC(C)(C)C1=C(C)C(=O)C(C)=C(C)C1=O)C(=O)Oc1ccc2nc(C#N)sc2c1. The third kappa shape index (κ3) is 10.5. The Bertz CT molecular complexity index is 1690. The Balaban J connectivity index is 1.62. The fourth-order valence-electron chi connectivity index (χ4n) is 5.33. The van der Waals surface area contributed by atoms with Gasteiger partial charge in [0.15, 0.2) is 16.6 Å². The summed E-state index contributed by atoms with van der Waals surface area (Å²) in [5, 5.41) is 12.2. The summed E-state index contributed by atoms with van der Waals surface area (Å²) < 4.78 is 17.5. The van der Waals surface area contributed by atoms with Crippen LogP contribution in [0.3, 0.4) is 0 Å². The molecule has 0 spiro atoms. The van der Waals surface area contributed by atoms with Crippen molar-refractivity contribution in [1.82, 2.24) is 20.1 Å².